The van der Waals surface area contributed by atoms with Crippen molar-refractivity contribution in [2.45, 2.75) is 31.5 Å². The van der Waals surface area contributed by atoms with Gasteiger partial charge in [0.25, 0.3) is 0 Å². The van der Waals surface area contributed by atoms with Gasteiger partial charge in [-0.2, -0.15) is 0 Å². The maximum Gasteiger partial charge on any atom is 0.241 e. The number of amides is 1. The molecule has 0 saturated carbocycles. The van der Waals surface area contributed by atoms with Gasteiger partial charge in [-0.3, -0.25) is 9.69 Å². The molecule has 2 saturated heterocycles. The van der Waals surface area contributed by atoms with E-state index in [1.807, 2.05) is 6.07 Å². The molecule has 4 heteroatoms. The molecule has 0 radical (unpaired) electrons. The van der Waals surface area contributed by atoms with Crippen LogP contribution in [0.2, 0.25) is 0 Å². The molecule has 0 aromatic heterocycles. The van der Waals surface area contributed by atoms with Crippen molar-refractivity contribution >= 4 is 5.91 Å². The van der Waals surface area contributed by atoms with Crippen molar-refractivity contribution < 1.29 is 4.79 Å². The number of hydrogen-bond acceptors (Lipinski definition) is 3. The zero-order valence-corrected chi connectivity index (χ0v) is 11.4. The highest BCUT2D eigenvalue weighted by Crippen LogP contribution is 2.29. The highest BCUT2D eigenvalue weighted by Gasteiger charge is 2.48. The molecule has 1 aromatic rings. The van der Waals surface area contributed by atoms with Gasteiger partial charge < -0.3 is 10.6 Å². The van der Waals surface area contributed by atoms with Crippen molar-refractivity contribution in [2.75, 3.05) is 19.6 Å². The maximum absolute atomic E-state index is 12.2. The fourth-order valence-electron chi connectivity index (χ4n) is 3.25. The van der Waals surface area contributed by atoms with Gasteiger partial charge in [-0.15, -0.1) is 0 Å². The molecule has 3 rings (SSSR count). The second kappa shape index (κ2) is 4.94. The van der Waals surface area contributed by atoms with Crippen LogP contribution in [-0.4, -0.2) is 42.0 Å². The molecular weight excluding hydrogens is 238 g/mol. The smallest absolute Gasteiger partial charge is 0.241 e. The van der Waals surface area contributed by atoms with E-state index in [2.05, 4.69) is 46.7 Å². The quantitative estimate of drug-likeness (QED) is 0.823. The molecule has 2 atom stereocenters. The third kappa shape index (κ3) is 2.38. The first-order valence-corrected chi connectivity index (χ1v) is 7.01. The van der Waals surface area contributed by atoms with E-state index < -0.39 is 0 Å². The summed E-state index contributed by atoms with van der Waals surface area (Å²) in [6.07, 6.45) is 0.895. The maximum atomic E-state index is 12.2. The molecule has 2 aliphatic heterocycles. The average molecular weight is 259 g/mol. The number of benzene rings is 1. The third-order valence-corrected chi connectivity index (χ3v) is 4.28. The highest BCUT2D eigenvalue weighted by atomic mass is 16.2. The van der Waals surface area contributed by atoms with Crippen molar-refractivity contribution in [3.8, 4) is 0 Å². The van der Waals surface area contributed by atoms with Crippen LogP contribution in [0.1, 0.15) is 18.9 Å². The summed E-state index contributed by atoms with van der Waals surface area (Å²) in [5, 5.41) is 6.43. The van der Waals surface area contributed by atoms with Crippen molar-refractivity contribution in [1.29, 1.82) is 0 Å². The topological polar surface area (TPSA) is 44.4 Å². The Hall–Kier alpha value is -1.39. The van der Waals surface area contributed by atoms with E-state index in [-0.39, 0.29) is 11.4 Å². The van der Waals surface area contributed by atoms with Crippen LogP contribution in [0.25, 0.3) is 0 Å². The first-order chi connectivity index (χ1) is 9.20. The minimum atomic E-state index is -0.369. The summed E-state index contributed by atoms with van der Waals surface area (Å²) in [4.78, 5) is 14.6. The first-order valence-electron chi connectivity index (χ1n) is 7.01. The van der Waals surface area contributed by atoms with E-state index >= 15 is 0 Å². The minimum Gasteiger partial charge on any atom is -0.353 e. The minimum absolute atomic E-state index is 0.168. The lowest BCUT2D eigenvalue weighted by atomic mass is 9.93. The van der Waals surface area contributed by atoms with Crippen molar-refractivity contribution in [2.24, 2.45) is 0 Å². The largest absolute Gasteiger partial charge is 0.353 e. The van der Waals surface area contributed by atoms with Crippen LogP contribution >= 0.6 is 0 Å². The summed E-state index contributed by atoms with van der Waals surface area (Å²) >= 11 is 0. The molecule has 0 aliphatic carbocycles. The Kier molecular flexibility index (Phi) is 3.29. The van der Waals surface area contributed by atoms with Gasteiger partial charge in [-0.1, -0.05) is 30.3 Å². The summed E-state index contributed by atoms with van der Waals surface area (Å²) in [5.41, 5.74) is 0.939. The lowest BCUT2D eigenvalue weighted by Crippen LogP contribution is -2.64. The molecule has 0 bridgehead atoms. The first kappa shape index (κ1) is 12.6. The SMILES string of the molecule is CC1CC2(CN1Cc1ccccc1)NCCNC2=O. The van der Waals surface area contributed by atoms with E-state index in [1.54, 1.807) is 0 Å². The van der Waals surface area contributed by atoms with Crippen LogP contribution in [0.15, 0.2) is 30.3 Å². The summed E-state index contributed by atoms with van der Waals surface area (Å²) in [6.45, 7) is 5.54. The number of carbonyl (C=O) groups excluding carboxylic acids is 1. The zero-order valence-electron chi connectivity index (χ0n) is 11.4. The Morgan fingerprint density at radius 2 is 2.11 bits per heavy atom. The molecule has 1 spiro atoms. The lowest BCUT2D eigenvalue weighted by Gasteiger charge is -2.33. The standard InChI is InChI=1S/C15H21N3O/c1-12-9-15(14(19)16-7-8-17-15)11-18(12)10-13-5-3-2-4-6-13/h2-6,12,17H,7-11H2,1H3,(H,16,19). The van der Waals surface area contributed by atoms with Crippen LogP contribution in [-0.2, 0) is 11.3 Å². The summed E-state index contributed by atoms with van der Waals surface area (Å²) in [7, 11) is 0. The zero-order chi connectivity index (χ0) is 13.3. The number of likely N-dealkylation sites (tertiary alicyclic amines) is 1. The highest BCUT2D eigenvalue weighted by molar-refractivity contribution is 5.87. The number of carbonyl (C=O) groups is 1. The van der Waals surface area contributed by atoms with Gasteiger partial charge in [0.2, 0.25) is 5.91 Å². The summed E-state index contributed by atoms with van der Waals surface area (Å²) < 4.78 is 0. The number of nitrogens with one attached hydrogen (secondary N) is 2. The average Bonchev–Trinajstić information content (AvgIpc) is 2.72. The molecule has 1 amide bonds. The summed E-state index contributed by atoms with van der Waals surface area (Å²) in [6, 6.07) is 10.9. The summed E-state index contributed by atoms with van der Waals surface area (Å²) in [5.74, 6) is 0.168. The van der Waals surface area contributed by atoms with Gasteiger partial charge in [0.1, 0.15) is 5.54 Å². The fraction of sp³-hybridized carbons (Fsp3) is 0.533. The fourth-order valence-corrected chi connectivity index (χ4v) is 3.25. The van der Waals surface area contributed by atoms with Crippen LogP contribution in [0.3, 0.4) is 0 Å². The number of hydrogen-bond donors (Lipinski definition) is 2. The Morgan fingerprint density at radius 1 is 1.32 bits per heavy atom. The molecular formula is C15H21N3O. The number of nitrogens with zero attached hydrogens (tertiary/aromatic N) is 1. The van der Waals surface area contributed by atoms with E-state index in [0.29, 0.717) is 6.04 Å². The van der Waals surface area contributed by atoms with Gasteiger partial charge in [-0.05, 0) is 18.9 Å². The molecule has 4 nitrogen and oxygen atoms in total. The van der Waals surface area contributed by atoms with Crippen LogP contribution in [0.4, 0.5) is 0 Å². The van der Waals surface area contributed by atoms with Gasteiger partial charge in [0, 0.05) is 32.2 Å². The molecule has 1 aromatic carbocycles. The van der Waals surface area contributed by atoms with Crippen LogP contribution < -0.4 is 10.6 Å². The van der Waals surface area contributed by atoms with Gasteiger partial charge >= 0.3 is 0 Å². The van der Waals surface area contributed by atoms with Crippen molar-refractivity contribution in [1.82, 2.24) is 15.5 Å². The van der Waals surface area contributed by atoms with Crippen LogP contribution in [0, 0.1) is 0 Å². The molecule has 2 fully saturated rings. The van der Waals surface area contributed by atoms with E-state index in [1.165, 1.54) is 5.56 Å². The lowest BCUT2D eigenvalue weighted by molar-refractivity contribution is -0.128. The number of rotatable bonds is 2. The Labute approximate surface area is 114 Å². The third-order valence-electron chi connectivity index (χ3n) is 4.28. The van der Waals surface area contributed by atoms with E-state index in [9.17, 15) is 4.79 Å². The Balaban J connectivity index is 1.73. The predicted octanol–water partition coefficient (Wildman–Crippen LogP) is 0.739. The van der Waals surface area contributed by atoms with Crippen molar-refractivity contribution in [3.63, 3.8) is 0 Å². The second-order valence-electron chi connectivity index (χ2n) is 5.71. The Morgan fingerprint density at radius 3 is 2.84 bits per heavy atom. The molecule has 2 N–H and O–H groups in total. The van der Waals surface area contributed by atoms with Gasteiger partial charge in [-0.25, -0.2) is 0 Å². The molecule has 2 heterocycles. The van der Waals surface area contributed by atoms with Crippen molar-refractivity contribution in [3.05, 3.63) is 35.9 Å². The van der Waals surface area contributed by atoms with E-state index in [4.69, 9.17) is 0 Å². The normalized spacial score (nSPS) is 31.6. The molecule has 2 aliphatic rings. The van der Waals surface area contributed by atoms with Gasteiger partial charge in [0.15, 0.2) is 0 Å². The number of piperazine rings is 1. The monoisotopic (exact) mass is 259 g/mol. The Bertz CT molecular complexity index is 462. The molecule has 102 valence electrons. The van der Waals surface area contributed by atoms with Crippen LogP contribution in [0.5, 0.6) is 0 Å². The molecule has 2 unspecified atom stereocenters. The van der Waals surface area contributed by atoms with E-state index in [0.717, 1.165) is 32.6 Å². The predicted molar refractivity (Wildman–Crippen MR) is 74.7 cm³/mol. The second-order valence-corrected chi connectivity index (χ2v) is 5.71. The molecule has 19 heavy (non-hydrogen) atoms. The van der Waals surface area contributed by atoms with Gasteiger partial charge in [0.05, 0.1) is 0 Å².